The summed E-state index contributed by atoms with van der Waals surface area (Å²) in [6.07, 6.45) is 2.67. The summed E-state index contributed by atoms with van der Waals surface area (Å²) in [6.45, 7) is 1.73. The van der Waals surface area contributed by atoms with Gasteiger partial charge in [0.25, 0.3) is 0 Å². The highest BCUT2D eigenvalue weighted by Gasteiger charge is 2.34. The van der Waals surface area contributed by atoms with Crippen molar-refractivity contribution < 1.29 is 8.42 Å². The molecule has 0 saturated carbocycles. The van der Waals surface area contributed by atoms with Gasteiger partial charge < -0.3 is 5.32 Å². The quantitative estimate of drug-likeness (QED) is 0.853. The van der Waals surface area contributed by atoms with E-state index in [1.165, 1.54) is 5.56 Å². The lowest BCUT2D eigenvalue weighted by Crippen LogP contribution is -2.36. The van der Waals surface area contributed by atoms with Crippen LogP contribution in [0.4, 0.5) is 0 Å². The molecule has 0 spiro atoms. The Bertz CT molecular complexity index is 510. The second kappa shape index (κ2) is 5.41. The molecule has 0 amide bonds. The minimum absolute atomic E-state index is 0.0753. The molecule has 0 aliphatic heterocycles. The van der Waals surface area contributed by atoms with Gasteiger partial charge in [-0.25, -0.2) is 8.42 Å². The molecule has 0 aromatic heterocycles. The van der Waals surface area contributed by atoms with Crippen molar-refractivity contribution in [1.82, 2.24) is 5.32 Å². The van der Waals surface area contributed by atoms with Gasteiger partial charge in [-0.15, -0.1) is 0 Å². The first kappa shape index (κ1) is 13.6. The molecule has 100 valence electrons. The Morgan fingerprint density at radius 1 is 1.33 bits per heavy atom. The maximum absolute atomic E-state index is 12.2. The van der Waals surface area contributed by atoms with Crippen LogP contribution in [0.5, 0.6) is 0 Å². The summed E-state index contributed by atoms with van der Waals surface area (Å²) in [5.41, 5.74) is 2.44. The van der Waals surface area contributed by atoms with Crippen LogP contribution < -0.4 is 5.32 Å². The third kappa shape index (κ3) is 2.45. The van der Waals surface area contributed by atoms with Crippen molar-refractivity contribution in [1.29, 1.82) is 0 Å². The zero-order valence-corrected chi connectivity index (χ0v) is 11.8. The minimum atomic E-state index is -3.01. The molecule has 2 unspecified atom stereocenters. The van der Waals surface area contributed by atoms with E-state index in [0.717, 1.165) is 24.8 Å². The molecule has 2 rings (SSSR count). The van der Waals surface area contributed by atoms with Crippen LogP contribution in [0.2, 0.25) is 0 Å². The van der Waals surface area contributed by atoms with Gasteiger partial charge in [0.2, 0.25) is 0 Å². The van der Waals surface area contributed by atoms with Crippen molar-refractivity contribution in [3.05, 3.63) is 35.4 Å². The van der Waals surface area contributed by atoms with Crippen molar-refractivity contribution in [2.24, 2.45) is 0 Å². The third-order valence-corrected chi connectivity index (χ3v) is 6.11. The van der Waals surface area contributed by atoms with Gasteiger partial charge in [-0.05, 0) is 37.4 Å². The third-order valence-electron chi connectivity index (χ3n) is 3.87. The van der Waals surface area contributed by atoms with Crippen LogP contribution in [0.3, 0.4) is 0 Å². The number of benzene rings is 1. The predicted octanol–water partition coefficient (Wildman–Crippen LogP) is 2.09. The molecule has 2 atom stereocenters. The fraction of sp³-hybridized carbons (Fsp3) is 0.571. The standard InChI is InChI=1S/C14H21NO2S/c1-3-18(16,17)13-10-6-8-11-7-4-5-9-12(11)14(13)15-2/h4-5,7,9,13-15H,3,6,8,10H2,1-2H3. The van der Waals surface area contributed by atoms with Crippen molar-refractivity contribution >= 4 is 9.84 Å². The van der Waals surface area contributed by atoms with E-state index in [1.54, 1.807) is 6.92 Å². The van der Waals surface area contributed by atoms with Gasteiger partial charge in [0.15, 0.2) is 9.84 Å². The number of fused-ring (bicyclic) bond motifs is 1. The lowest BCUT2D eigenvalue weighted by atomic mass is 9.99. The Morgan fingerprint density at radius 3 is 2.72 bits per heavy atom. The first-order valence-electron chi connectivity index (χ1n) is 6.56. The van der Waals surface area contributed by atoms with Crippen molar-refractivity contribution in [2.45, 2.75) is 37.5 Å². The Labute approximate surface area is 110 Å². The normalized spacial score (nSPS) is 24.3. The minimum Gasteiger partial charge on any atom is -0.312 e. The second-order valence-electron chi connectivity index (χ2n) is 4.85. The van der Waals surface area contributed by atoms with E-state index in [9.17, 15) is 8.42 Å². The smallest absolute Gasteiger partial charge is 0.154 e. The average molecular weight is 267 g/mol. The van der Waals surface area contributed by atoms with Crippen molar-refractivity contribution in [2.75, 3.05) is 12.8 Å². The van der Waals surface area contributed by atoms with E-state index >= 15 is 0 Å². The van der Waals surface area contributed by atoms with Crippen LogP contribution in [0.25, 0.3) is 0 Å². The molecule has 1 aliphatic rings. The summed E-state index contributed by atoms with van der Waals surface area (Å²) in [6, 6.07) is 8.11. The van der Waals surface area contributed by atoms with Crippen LogP contribution in [-0.2, 0) is 16.3 Å². The molecular weight excluding hydrogens is 246 g/mol. The molecule has 4 heteroatoms. The first-order valence-corrected chi connectivity index (χ1v) is 8.28. The van der Waals surface area contributed by atoms with Gasteiger partial charge in [-0.1, -0.05) is 31.2 Å². The van der Waals surface area contributed by atoms with Crippen molar-refractivity contribution in [3.8, 4) is 0 Å². The summed E-state index contributed by atoms with van der Waals surface area (Å²) >= 11 is 0. The van der Waals surface area contributed by atoms with Gasteiger partial charge in [0, 0.05) is 11.8 Å². The predicted molar refractivity (Wildman–Crippen MR) is 74.4 cm³/mol. The number of sulfone groups is 1. The first-order chi connectivity index (χ1) is 8.60. The van der Waals surface area contributed by atoms with Crippen LogP contribution in [0, 0.1) is 0 Å². The molecule has 0 heterocycles. The summed E-state index contributed by atoms with van der Waals surface area (Å²) < 4.78 is 24.5. The SMILES string of the molecule is CCS(=O)(=O)C1CCCc2ccccc2C1NC. The largest absolute Gasteiger partial charge is 0.312 e. The fourth-order valence-electron chi connectivity index (χ4n) is 2.87. The molecule has 0 fully saturated rings. The molecule has 1 aliphatic carbocycles. The fourth-order valence-corrected chi connectivity index (χ4v) is 4.52. The lowest BCUT2D eigenvalue weighted by Gasteiger charge is -2.25. The maximum atomic E-state index is 12.2. The highest BCUT2D eigenvalue weighted by molar-refractivity contribution is 7.92. The zero-order chi connectivity index (χ0) is 13.2. The summed E-state index contributed by atoms with van der Waals surface area (Å²) in [4.78, 5) is 0. The highest BCUT2D eigenvalue weighted by Crippen LogP contribution is 2.32. The molecule has 0 bridgehead atoms. The Kier molecular flexibility index (Phi) is 4.07. The van der Waals surface area contributed by atoms with Gasteiger partial charge >= 0.3 is 0 Å². The van der Waals surface area contributed by atoms with Gasteiger partial charge in [-0.2, -0.15) is 0 Å². The molecule has 0 saturated heterocycles. The maximum Gasteiger partial charge on any atom is 0.154 e. The highest BCUT2D eigenvalue weighted by atomic mass is 32.2. The Hall–Kier alpha value is -0.870. The Balaban J connectivity index is 2.47. The topological polar surface area (TPSA) is 46.2 Å². The molecule has 1 aromatic carbocycles. The van der Waals surface area contributed by atoms with Crippen LogP contribution >= 0.6 is 0 Å². The van der Waals surface area contributed by atoms with Crippen molar-refractivity contribution in [3.63, 3.8) is 0 Å². The average Bonchev–Trinajstić information content (AvgIpc) is 2.57. The van der Waals surface area contributed by atoms with E-state index in [4.69, 9.17) is 0 Å². The summed E-state index contributed by atoms with van der Waals surface area (Å²) in [7, 11) is -1.16. The number of hydrogen-bond donors (Lipinski definition) is 1. The second-order valence-corrected chi connectivity index (χ2v) is 7.36. The number of aryl methyl sites for hydroxylation is 1. The van der Waals surface area contributed by atoms with E-state index in [0.29, 0.717) is 0 Å². The molecule has 1 aromatic rings. The van der Waals surface area contributed by atoms with E-state index < -0.39 is 9.84 Å². The van der Waals surface area contributed by atoms with Crippen LogP contribution in [-0.4, -0.2) is 26.5 Å². The number of hydrogen-bond acceptors (Lipinski definition) is 3. The van der Waals surface area contributed by atoms with E-state index in [-0.39, 0.29) is 17.0 Å². The molecule has 1 N–H and O–H groups in total. The van der Waals surface area contributed by atoms with Gasteiger partial charge in [0.05, 0.1) is 5.25 Å². The van der Waals surface area contributed by atoms with E-state index in [2.05, 4.69) is 17.4 Å². The zero-order valence-electron chi connectivity index (χ0n) is 11.0. The summed E-state index contributed by atoms with van der Waals surface area (Å²) in [5.74, 6) is 0.220. The molecular formula is C14H21NO2S. The molecule has 0 radical (unpaired) electrons. The molecule has 18 heavy (non-hydrogen) atoms. The summed E-state index contributed by atoms with van der Waals surface area (Å²) in [5, 5.41) is 2.92. The number of nitrogens with one attached hydrogen (secondary N) is 1. The van der Waals surface area contributed by atoms with E-state index in [1.807, 2.05) is 19.2 Å². The van der Waals surface area contributed by atoms with Crippen LogP contribution in [0.1, 0.15) is 36.9 Å². The number of rotatable bonds is 3. The molecule has 3 nitrogen and oxygen atoms in total. The monoisotopic (exact) mass is 267 g/mol. The Morgan fingerprint density at radius 2 is 2.06 bits per heavy atom. The van der Waals surface area contributed by atoms with Gasteiger partial charge in [0.1, 0.15) is 0 Å². The van der Waals surface area contributed by atoms with Gasteiger partial charge in [-0.3, -0.25) is 0 Å². The van der Waals surface area contributed by atoms with Crippen LogP contribution in [0.15, 0.2) is 24.3 Å². The lowest BCUT2D eigenvalue weighted by molar-refractivity contribution is 0.502.